The first kappa shape index (κ1) is 15.1. The van der Waals surface area contributed by atoms with E-state index in [1.165, 1.54) is 12.1 Å². The van der Waals surface area contributed by atoms with Crippen molar-refractivity contribution in [1.29, 1.82) is 0 Å². The average Bonchev–Trinajstić information content (AvgIpc) is 2.47. The van der Waals surface area contributed by atoms with Gasteiger partial charge in [0.25, 0.3) is 0 Å². The molecule has 1 atom stereocenters. The molecule has 2 aromatic rings. The van der Waals surface area contributed by atoms with Crippen molar-refractivity contribution in [1.82, 2.24) is 0 Å². The van der Waals surface area contributed by atoms with Crippen LogP contribution in [-0.2, 0) is 6.42 Å². The maximum atomic E-state index is 13.8. The molecule has 0 bridgehead atoms. The van der Waals surface area contributed by atoms with E-state index in [9.17, 15) is 8.78 Å². The van der Waals surface area contributed by atoms with Gasteiger partial charge in [-0.3, -0.25) is 0 Å². The largest absolute Gasteiger partial charge is 0.324 e. The molecule has 0 aliphatic carbocycles. The van der Waals surface area contributed by atoms with E-state index in [1.807, 2.05) is 30.3 Å². The monoisotopic (exact) mass is 339 g/mol. The first-order chi connectivity index (χ1) is 9.59. The number of benzene rings is 2. The normalized spacial score (nSPS) is 12.4. The van der Waals surface area contributed by atoms with Crippen molar-refractivity contribution in [3.05, 3.63) is 69.7 Å². The topological polar surface area (TPSA) is 26.0 Å². The maximum absolute atomic E-state index is 13.8. The molecular weight excluding hydrogens is 324 g/mol. The van der Waals surface area contributed by atoms with Crippen LogP contribution in [0.2, 0.25) is 0 Å². The lowest BCUT2D eigenvalue weighted by molar-refractivity contribution is 0.532. The summed E-state index contributed by atoms with van der Waals surface area (Å²) in [5.41, 5.74) is 7.24. The summed E-state index contributed by atoms with van der Waals surface area (Å²) in [6.45, 7) is 0. The second kappa shape index (κ2) is 6.95. The van der Waals surface area contributed by atoms with Crippen molar-refractivity contribution in [3.8, 4) is 0 Å². The number of hydrogen-bond acceptors (Lipinski definition) is 1. The Morgan fingerprint density at radius 3 is 2.45 bits per heavy atom. The van der Waals surface area contributed by atoms with Gasteiger partial charge in [0.2, 0.25) is 0 Å². The molecule has 0 heterocycles. The van der Waals surface area contributed by atoms with Crippen LogP contribution in [0.1, 0.15) is 30.0 Å². The zero-order valence-corrected chi connectivity index (χ0v) is 12.5. The van der Waals surface area contributed by atoms with Gasteiger partial charge in [-0.15, -0.1) is 0 Å². The number of nitrogens with two attached hydrogens (primary N) is 1. The molecule has 0 aliphatic rings. The summed E-state index contributed by atoms with van der Waals surface area (Å²) < 4.78 is 27.7. The molecule has 0 saturated carbocycles. The minimum absolute atomic E-state index is 0.102. The summed E-state index contributed by atoms with van der Waals surface area (Å²) >= 11 is 3.07. The molecule has 0 spiro atoms. The Balaban J connectivity index is 1.95. The van der Waals surface area contributed by atoms with Crippen LogP contribution in [0, 0.1) is 11.6 Å². The van der Waals surface area contributed by atoms with Gasteiger partial charge >= 0.3 is 0 Å². The molecule has 0 aromatic heterocycles. The van der Waals surface area contributed by atoms with Crippen LogP contribution in [0.15, 0.2) is 46.9 Å². The highest BCUT2D eigenvalue weighted by atomic mass is 79.9. The second-order valence-electron chi connectivity index (χ2n) is 4.73. The Bertz CT molecular complexity index is 572. The maximum Gasteiger partial charge on any atom is 0.143 e. The van der Waals surface area contributed by atoms with E-state index >= 15 is 0 Å². The lowest BCUT2D eigenvalue weighted by Crippen LogP contribution is -2.10. The number of halogens is 3. The van der Waals surface area contributed by atoms with Crippen molar-refractivity contribution in [2.24, 2.45) is 5.73 Å². The summed E-state index contributed by atoms with van der Waals surface area (Å²) in [4.78, 5) is 0. The Hall–Kier alpha value is -1.26. The second-order valence-corrected chi connectivity index (χ2v) is 5.59. The van der Waals surface area contributed by atoms with Crippen LogP contribution in [-0.4, -0.2) is 0 Å². The predicted molar refractivity (Wildman–Crippen MR) is 80.4 cm³/mol. The van der Waals surface area contributed by atoms with Crippen LogP contribution < -0.4 is 5.73 Å². The Morgan fingerprint density at radius 2 is 1.75 bits per heavy atom. The Morgan fingerprint density at radius 1 is 1.05 bits per heavy atom. The molecule has 106 valence electrons. The third-order valence-corrected chi connectivity index (χ3v) is 3.92. The van der Waals surface area contributed by atoms with Crippen LogP contribution in [0.3, 0.4) is 0 Å². The third kappa shape index (κ3) is 3.64. The molecule has 0 radical (unpaired) electrons. The van der Waals surface area contributed by atoms with Crippen molar-refractivity contribution in [2.45, 2.75) is 25.3 Å². The lowest BCUT2D eigenvalue weighted by Gasteiger charge is -2.12. The molecule has 0 amide bonds. The van der Waals surface area contributed by atoms with E-state index in [2.05, 4.69) is 15.9 Å². The molecule has 0 saturated heterocycles. The van der Waals surface area contributed by atoms with Crippen molar-refractivity contribution >= 4 is 15.9 Å². The van der Waals surface area contributed by atoms with Crippen molar-refractivity contribution < 1.29 is 8.78 Å². The average molecular weight is 340 g/mol. The summed E-state index contributed by atoms with van der Waals surface area (Å²) in [7, 11) is 0. The van der Waals surface area contributed by atoms with Gasteiger partial charge in [-0.1, -0.05) is 30.3 Å². The fourth-order valence-electron chi connectivity index (χ4n) is 2.16. The van der Waals surface area contributed by atoms with Gasteiger partial charge in [0.1, 0.15) is 11.6 Å². The smallest absolute Gasteiger partial charge is 0.143 e. The van der Waals surface area contributed by atoms with E-state index in [4.69, 9.17) is 5.73 Å². The molecule has 1 unspecified atom stereocenters. The molecular formula is C16H16BrF2N. The van der Waals surface area contributed by atoms with Gasteiger partial charge in [-0.2, -0.15) is 0 Å². The molecule has 2 N–H and O–H groups in total. The van der Waals surface area contributed by atoms with Crippen LogP contribution >= 0.6 is 15.9 Å². The van der Waals surface area contributed by atoms with Gasteiger partial charge < -0.3 is 5.73 Å². The van der Waals surface area contributed by atoms with E-state index in [-0.39, 0.29) is 11.6 Å². The summed E-state index contributed by atoms with van der Waals surface area (Å²) in [5.74, 6) is -1.02. The van der Waals surface area contributed by atoms with E-state index in [0.29, 0.717) is 23.7 Å². The van der Waals surface area contributed by atoms with Crippen molar-refractivity contribution in [2.75, 3.05) is 0 Å². The van der Waals surface area contributed by atoms with Gasteiger partial charge in [0.15, 0.2) is 0 Å². The standard InChI is InChI=1S/C16H16BrF2N/c17-13-9-10-14(18)12(16(13)19)7-4-8-15(20)11-5-2-1-3-6-11/h1-3,5-6,9-10,15H,4,7-8,20H2. The van der Waals surface area contributed by atoms with Gasteiger partial charge in [-0.25, -0.2) is 8.78 Å². The van der Waals surface area contributed by atoms with E-state index in [1.54, 1.807) is 0 Å². The highest BCUT2D eigenvalue weighted by Gasteiger charge is 2.13. The van der Waals surface area contributed by atoms with Crippen LogP contribution in [0.25, 0.3) is 0 Å². The number of hydrogen-bond donors (Lipinski definition) is 1. The zero-order chi connectivity index (χ0) is 14.5. The van der Waals surface area contributed by atoms with Gasteiger partial charge in [0, 0.05) is 11.6 Å². The molecule has 0 aliphatic heterocycles. The van der Waals surface area contributed by atoms with E-state index < -0.39 is 11.6 Å². The lowest BCUT2D eigenvalue weighted by atomic mass is 9.99. The van der Waals surface area contributed by atoms with Gasteiger partial charge in [-0.05, 0) is 52.9 Å². The highest BCUT2D eigenvalue weighted by molar-refractivity contribution is 9.10. The molecule has 0 fully saturated rings. The fourth-order valence-corrected chi connectivity index (χ4v) is 2.54. The molecule has 20 heavy (non-hydrogen) atoms. The zero-order valence-electron chi connectivity index (χ0n) is 11.0. The van der Waals surface area contributed by atoms with Crippen LogP contribution in [0.4, 0.5) is 8.78 Å². The van der Waals surface area contributed by atoms with Crippen molar-refractivity contribution in [3.63, 3.8) is 0 Å². The van der Waals surface area contributed by atoms with E-state index in [0.717, 1.165) is 5.56 Å². The summed E-state index contributed by atoms with van der Waals surface area (Å²) in [6.07, 6.45) is 1.67. The first-order valence-corrected chi connectivity index (χ1v) is 7.32. The Labute approximate surface area is 125 Å². The molecule has 2 rings (SSSR count). The summed E-state index contributed by atoms with van der Waals surface area (Å²) in [5, 5.41) is 0. The quantitative estimate of drug-likeness (QED) is 0.781. The molecule has 2 aromatic carbocycles. The van der Waals surface area contributed by atoms with Crippen LogP contribution in [0.5, 0.6) is 0 Å². The highest BCUT2D eigenvalue weighted by Crippen LogP contribution is 2.24. The fraction of sp³-hybridized carbons (Fsp3) is 0.250. The minimum Gasteiger partial charge on any atom is -0.324 e. The third-order valence-electron chi connectivity index (χ3n) is 3.31. The minimum atomic E-state index is -0.515. The Kier molecular flexibility index (Phi) is 5.26. The molecule has 4 heteroatoms. The predicted octanol–water partition coefficient (Wildman–Crippen LogP) is 4.75. The van der Waals surface area contributed by atoms with Gasteiger partial charge in [0.05, 0.1) is 4.47 Å². The molecule has 1 nitrogen and oxygen atoms in total. The summed E-state index contributed by atoms with van der Waals surface area (Å²) in [6, 6.07) is 12.3. The number of rotatable bonds is 5. The SMILES string of the molecule is NC(CCCc1c(F)ccc(Br)c1F)c1ccccc1. The first-order valence-electron chi connectivity index (χ1n) is 6.52.